The first-order chi connectivity index (χ1) is 8.77. The Morgan fingerprint density at radius 1 is 1.11 bits per heavy atom. The average molecular weight is 268 g/mol. The van der Waals surface area contributed by atoms with Crippen molar-refractivity contribution in [3.8, 4) is 0 Å². The zero-order valence-corrected chi connectivity index (χ0v) is 12.5. The van der Waals surface area contributed by atoms with Crippen molar-refractivity contribution in [1.82, 2.24) is 5.32 Å². The molecule has 0 bridgehead atoms. The third-order valence-corrected chi connectivity index (χ3v) is 3.86. The van der Waals surface area contributed by atoms with Crippen LogP contribution in [-0.4, -0.2) is 13.1 Å². The molecule has 1 atom stereocenters. The largest absolute Gasteiger partial charge is 0.317 e. The standard InChI is InChI=1S/C16H26ClN/c1-3-4-5-6-7-11-15(18-2)13-14-10-8-9-12-16(14)17/h8-10,12,15,18H,3-7,11,13H2,1-2H3. The van der Waals surface area contributed by atoms with Crippen LogP contribution in [0.3, 0.4) is 0 Å². The Labute approximate surface area is 117 Å². The lowest BCUT2D eigenvalue weighted by atomic mass is 10.00. The summed E-state index contributed by atoms with van der Waals surface area (Å²) in [7, 11) is 2.05. The number of likely N-dealkylation sites (N-methyl/N-ethyl adjacent to an activating group) is 1. The first-order valence-electron chi connectivity index (χ1n) is 7.18. The molecule has 1 rings (SSSR count). The normalized spacial score (nSPS) is 12.6. The van der Waals surface area contributed by atoms with Gasteiger partial charge in [0.25, 0.3) is 0 Å². The summed E-state index contributed by atoms with van der Waals surface area (Å²) in [6.45, 7) is 2.26. The van der Waals surface area contributed by atoms with Gasteiger partial charge in [0.05, 0.1) is 0 Å². The first kappa shape index (κ1) is 15.5. The molecule has 0 saturated carbocycles. The van der Waals surface area contributed by atoms with Gasteiger partial charge < -0.3 is 5.32 Å². The highest BCUT2D eigenvalue weighted by molar-refractivity contribution is 6.31. The zero-order valence-electron chi connectivity index (χ0n) is 11.7. The molecule has 2 heteroatoms. The summed E-state index contributed by atoms with van der Waals surface area (Å²) >= 11 is 6.20. The van der Waals surface area contributed by atoms with Gasteiger partial charge in [-0.15, -0.1) is 0 Å². The molecular weight excluding hydrogens is 242 g/mol. The van der Waals surface area contributed by atoms with Gasteiger partial charge in [0.2, 0.25) is 0 Å². The van der Waals surface area contributed by atoms with E-state index in [1.54, 1.807) is 0 Å². The third-order valence-electron chi connectivity index (χ3n) is 3.49. The van der Waals surface area contributed by atoms with Crippen molar-refractivity contribution < 1.29 is 0 Å². The topological polar surface area (TPSA) is 12.0 Å². The molecule has 1 unspecified atom stereocenters. The van der Waals surface area contributed by atoms with E-state index in [4.69, 9.17) is 11.6 Å². The predicted octanol–water partition coefficient (Wildman–Crippen LogP) is 4.83. The molecule has 0 spiro atoms. The van der Waals surface area contributed by atoms with Crippen LogP contribution in [-0.2, 0) is 6.42 Å². The Kier molecular flexibility index (Phi) is 8.11. The van der Waals surface area contributed by atoms with Crippen LogP contribution < -0.4 is 5.32 Å². The van der Waals surface area contributed by atoms with Crippen LogP contribution in [0.2, 0.25) is 5.02 Å². The molecule has 0 aromatic heterocycles. The van der Waals surface area contributed by atoms with Gasteiger partial charge in [-0.3, -0.25) is 0 Å². The maximum absolute atomic E-state index is 6.20. The van der Waals surface area contributed by atoms with E-state index in [1.165, 1.54) is 44.1 Å². The zero-order chi connectivity index (χ0) is 13.2. The minimum atomic E-state index is 0.548. The second-order valence-electron chi connectivity index (χ2n) is 4.98. The fourth-order valence-electron chi connectivity index (χ4n) is 2.27. The van der Waals surface area contributed by atoms with Crippen LogP contribution in [0.1, 0.15) is 51.0 Å². The molecule has 0 saturated heterocycles. The molecular formula is C16H26ClN. The first-order valence-corrected chi connectivity index (χ1v) is 7.56. The van der Waals surface area contributed by atoms with E-state index < -0.39 is 0 Å². The van der Waals surface area contributed by atoms with Crippen LogP contribution in [0.15, 0.2) is 24.3 Å². The molecule has 0 fully saturated rings. The van der Waals surface area contributed by atoms with E-state index >= 15 is 0 Å². The molecule has 0 radical (unpaired) electrons. The van der Waals surface area contributed by atoms with Crippen molar-refractivity contribution in [1.29, 1.82) is 0 Å². The van der Waals surface area contributed by atoms with Crippen LogP contribution in [0.25, 0.3) is 0 Å². The second kappa shape index (κ2) is 9.41. The summed E-state index contributed by atoms with van der Waals surface area (Å²) in [5, 5.41) is 4.30. The van der Waals surface area contributed by atoms with Crippen LogP contribution in [0.4, 0.5) is 0 Å². The molecule has 0 amide bonds. The van der Waals surface area contributed by atoms with Crippen molar-refractivity contribution >= 4 is 11.6 Å². The lowest BCUT2D eigenvalue weighted by Crippen LogP contribution is -2.27. The fraction of sp³-hybridized carbons (Fsp3) is 0.625. The van der Waals surface area contributed by atoms with Crippen LogP contribution in [0, 0.1) is 0 Å². The summed E-state index contributed by atoms with van der Waals surface area (Å²) in [6, 6.07) is 8.71. The van der Waals surface area contributed by atoms with Gasteiger partial charge in [0.15, 0.2) is 0 Å². The van der Waals surface area contributed by atoms with E-state index in [0.717, 1.165) is 11.4 Å². The van der Waals surface area contributed by atoms with Crippen LogP contribution in [0.5, 0.6) is 0 Å². The summed E-state index contributed by atoms with van der Waals surface area (Å²) in [5.41, 5.74) is 1.26. The summed E-state index contributed by atoms with van der Waals surface area (Å²) in [4.78, 5) is 0. The lowest BCUT2D eigenvalue weighted by Gasteiger charge is -2.16. The number of benzene rings is 1. The molecule has 1 aromatic carbocycles. The van der Waals surface area contributed by atoms with Gasteiger partial charge in [0.1, 0.15) is 0 Å². The van der Waals surface area contributed by atoms with E-state index in [9.17, 15) is 0 Å². The van der Waals surface area contributed by atoms with E-state index in [0.29, 0.717) is 6.04 Å². The lowest BCUT2D eigenvalue weighted by molar-refractivity contribution is 0.482. The Morgan fingerprint density at radius 2 is 1.83 bits per heavy atom. The minimum Gasteiger partial charge on any atom is -0.317 e. The number of hydrogen-bond donors (Lipinski definition) is 1. The van der Waals surface area contributed by atoms with Crippen molar-refractivity contribution in [2.24, 2.45) is 0 Å². The van der Waals surface area contributed by atoms with Crippen molar-refractivity contribution in [3.05, 3.63) is 34.9 Å². The van der Waals surface area contributed by atoms with Crippen molar-refractivity contribution in [3.63, 3.8) is 0 Å². The second-order valence-corrected chi connectivity index (χ2v) is 5.39. The summed E-state index contributed by atoms with van der Waals surface area (Å²) in [6.07, 6.45) is 9.00. The fourth-order valence-corrected chi connectivity index (χ4v) is 2.49. The smallest absolute Gasteiger partial charge is 0.0438 e. The van der Waals surface area contributed by atoms with Crippen molar-refractivity contribution in [2.45, 2.75) is 57.9 Å². The monoisotopic (exact) mass is 267 g/mol. The molecule has 1 aromatic rings. The van der Waals surface area contributed by atoms with Gasteiger partial charge in [-0.25, -0.2) is 0 Å². The molecule has 0 aliphatic rings. The number of halogens is 1. The van der Waals surface area contributed by atoms with Crippen LogP contribution >= 0.6 is 11.6 Å². The highest BCUT2D eigenvalue weighted by Gasteiger charge is 2.09. The van der Waals surface area contributed by atoms with Gasteiger partial charge in [-0.2, -0.15) is 0 Å². The molecule has 0 aliphatic carbocycles. The third kappa shape index (κ3) is 5.88. The minimum absolute atomic E-state index is 0.548. The Morgan fingerprint density at radius 3 is 2.50 bits per heavy atom. The number of nitrogens with one attached hydrogen (secondary N) is 1. The highest BCUT2D eigenvalue weighted by Crippen LogP contribution is 2.18. The number of unbranched alkanes of at least 4 members (excludes halogenated alkanes) is 4. The average Bonchev–Trinajstić information content (AvgIpc) is 2.39. The van der Waals surface area contributed by atoms with Gasteiger partial charge in [-0.1, -0.05) is 68.8 Å². The maximum Gasteiger partial charge on any atom is 0.0438 e. The molecule has 0 aliphatic heterocycles. The Balaban J connectivity index is 2.31. The van der Waals surface area contributed by atoms with E-state index in [-0.39, 0.29) is 0 Å². The van der Waals surface area contributed by atoms with Crippen molar-refractivity contribution in [2.75, 3.05) is 7.05 Å². The molecule has 1 N–H and O–H groups in total. The Bertz CT molecular complexity index is 325. The van der Waals surface area contributed by atoms with Gasteiger partial charge in [0, 0.05) is 11.1 Å². The maximum atomic E-state index is 6.20. The Hall–Kier alpha value is -0.530. The van der Waals surface area contributed by atoms with E-state index in [1.807, 2.05) is 19.2 Å². The summed E-state index contributed by atoms with van der Waals surface area (Å²) < 4.78 is 0. The molecule has 102 valence electrons. The molecule has 18 heavy (non-hydrogen) atoms. The van der Waals surface area contributed by atoms with Gasteiger partial charge in [-0.05, 0) is 31.5 Å². The quantitative estimate of drug-likeness (QED) is 0.632. The highest BCUT2D eigenvalue weighted by atomic mass is 35.5. The number of rotatable bonds is 9. The molecule has 0 heterocycles. The number of hydrogen-bond acceptors (Lipinski definition) is 1. The summed E-state index contributed by atoms with van der Waals surface area (Å²) in [5.74, 6) is 0. The van der Waals surface area contributed by atoms with E-state index in [2.05, 4.69) is 24.4 Å². The molecule has 1 nitrogen and oxygen atoms in total. The van der Waals surface area contributed by atoms with Gasteiger partial charge >= 0.3 is 0 Å². The predicted molar refractivity (Wildman–Crippen MR) is 81.4 cm³/mol. The SMILES string of the molecule is CCCCCCCC(Cc1ccccc1Cl)NC.